The summed E-state index contributed by atoms with van der Waals surface area (Å²) in [5.41, 5.74) is 8.70. The highest BCUT2D eigenvalue weighted by atomic mass is 19.1. The third-order valence-corrected chi connectivity index (χ3v) is 7.19. The molecule has 2 N–H and O–H groups in total. The summed E-state index contributed by atoms with van der Waals surface area (Å²) in [6, 6.07) is 22.7. The largest absolute Gasteiger partial charge is 0.369 e. The van der Waals surface area contributed by atoms with Crippen molar-refractivity contribution >= 4 is 28.4 Å². The number of nitrogens with zero attached hydrogens (tertiary/aromatic N) is 3. The lowest BCUT2D eigenvalue weighted by Gasteiger charge is -2.24. The monoisotopic (exact) mass is 498 g/mol. The van der Waals surface area contributed by atoms with Crippen molar-refractivity contribution in [1.82, 2.24) is 9.78 Å². The number of carbonyl (C=O) groups is 2. The topological polar surface area (TPSA) is 81.2 Å². The molecule has 4 aromatic rings. The van der Waals surface area contributed by atoms with E-state index in [1.165, 1.54) is 17.7 Å². The Kier molecular flexibility index (Phi) is 7.04. The highest BCUT2D eigenvalue weighted by molar-refractivity contribution is 6.00. The Morgan fingerprint density at radius 3 is 2.35 bits per heavy atom. The third-order valence-electron chi connectivity index (χ3n) is 7.19. The van der Waals surface area contributed by atoms with E-state index < -0.39 is 0 Å². The van der Waals surface area contributed by atoms with Crippen molar-refractivity contribution < 1.29 is 14.0 Å². The van der Waals surface area contributed by atoms with Crippen LogP contribution in [0, 0.1) is 17.7 Å². The van der Waals surface area contributed by atoms with Gasteiger partial charge >= 0.3 is 0 Å². The van der Waals surface area contributed by atoms with Crippen molar-refractivity contribution in [2.24, 2.45) is 17.6 Å². The molecule has 3 aromatic carbocycles. The third kappa shape index (κ3) is 5.40. The molecule has 6 nitrogen and oxygen atoms in total. The first kappa shape index (κ1) is 24.7. The number of hydrogen-bond acceptors (Lipinski definition) is 3. The number of benzene rings is 3. The van der Waals surface area contributed by atoms with Crippen LogP contribution in [0.15, 0.2) is 79.0 Å². The number of nitrogens with two attached hydrogens (primary N) is 1. The molecule has 1 aliphatic heterocycles. The molecule has 6 rings (SSSR count). The van der Waals surface area contributed by atoms with Crippen molar-refractivity contribution in [1.29, 1.82) is 0 Å². The molecule has 0 spiro atoms. The van der Waals surface area contributed by atoms with Crippen LogP contribution >= 0.6 is 0 Å². The van der Waals surface area contributed by atoms with E-state index in [4.69, 9.17) is 5.73 Å². The van der Waals surface area contributed by atoms with Gasteiger partial charge in [-0.2, -0.15) is 5.10 Å². The summed E-state index contributed by atoms with van der Waals surface area (Å²) in [5, 5.41) is 5.44. The van der Waals surface area contributed by atoms with Crippen LogP contribution < -0.4 is 10.6 Å². The zero-order valence-corrected chi connectivity index (χ0v) is 20.9. The minimum absolute atomic E-state index is 0.00462. The molecule has 2 aliphatic rings. The standard InChI is InChI=1S/C26H24FN3O.C4H7NO/c1-2-22-15-19(14-18-6-4-3-5-7-18)26(31)29(22)24-12-13-25-20(16-24)17-28-30(25)23-10-8-21(27)9-11-23;5-4(6)3-1-2-3/h3-13,16-17,19,22H,2,14-15H2,1H3;3H,1-2H2,(H2,5,6)/t19-,22+;/m0./s1. The molecule has 2 amide bonds. The Labute approximate surface area is 215 Å². The van der Waals surface area contributed by atoms with E-state index in [1.807, 2.05) is 41.3 Å². The quantitative estimate of drug-likeness (QED) is 0.385. The lowest BCUT2D eigenvalue weighted by atomic mass is 9.96. The summed E-state index contributed by atoms with van der Waals surface area (Å²) in [5.74, 6) is 0.0386. The normalized spacial score (nSPS) is 19.1. The number of aromatic nitrogens is 2. The molecule has 0 unspecified atom stereocenters. The fraction of sp³-hybridized carbons (Fsp3) is 0.300. The summed E-state index contributed by atoms with van der Waals surface area (Å²) in [4.78, 5) is 25.3. The molecule has 2 fully saturated rings. The van der Waals surface area contributed by atoms with Gasteiger partial charge in [-0.1, -0.05) is 37.3 Å². The molecule has 7 heteroatoms. The van der Waals surface area contributed by atoms with Gasteiger partial charge in [0.05, 0.1) is 17.4 Å². The van der Waals surface area contributed by atoms with Gasteiger partial charge in [-0.05, 0) is 80.1 Å². The highest BCUT2D eigenvalue weighted by Crippen LogP contribution is 2.35. The summed E-state index contributed by atoms with van der Waals surface area (Å²) in [6.45, 7) is 2.14. The van der Waals surface area contributed by atoms with Crippen LogP contribution in [0.3, 0.4) is 0 Å². The first-order valence-electron chi connectivity index (χ1n) is 12.8. The van der Waals surface area contributed by atoms with E-state index in [2.05, 4.69) is 24.2 Å². The minimum atomic E-state index is -0.272. The van der Waals surface area contributed by atoms with E-state index in [0.29, 0.717) is 0 Å². The predicted molar refractivity (Wildman–Crippen MR) is 143 cm³/mol. The number of carbonyl (C=O) groups excluding carboxylic acids is 2. The van der Waals surface area contributed by atoms with E-state index in [-0.39, 0.29) is 35.5 Å². The average molecular weight is 499 g/mol. The molecule has 0 radical (unpaired) electrons. The van der Waals surface area contributed by atoms with Crippen LogP contribution in [0.2, 0.25) is 0 Å². The number of hydrogen-bond donors (Lipinski definition) is 1. The Morgan fingerprint density at radius 2 is 1.73 bits per heavy atom. The molecular formula is C30H31FN4O2. The SMILES string of the molecule is CC[C@@H]1C[C@H](Cc2ccccc2)C(=O)N1c1ccc2c(cnn2-c2ccc(F)cc2)c1.NC(=O)C1CC1. The Bertz CT molecular complexity index is 1400. The number of fused-ring (bicyclic) bond motifs is 1. The number of primary amides is 1. The average Bonchev–Trinajstić information content (AvgIpc) is 3.62. The highest BCUT2D eigenvalue weighted by Gasteiger charge is 2.39. The van der Waals surface area contributed by atoms with Crippen LogP contribution in [0.1, 0.15) is 38.2 Å². The van der Waals surface area contributed by atoms with E-state index in [0.717, 1.165) is 54.4 Å². The fourth-order valence-electron chi connectivity index (χ4n) is 4.99. The van der Waals surface area contributed by atoms with Crippen molar-refractivity contribution in [3.8, 4) is 5.69 Å². The number of anilines is 1. The van der Waals surface area contributed by atoms with Crippen molar-refractivity contribution in [3.63, 3.8) is 0 Å². The molecule has 1 saturated carbocycles. The second kappa shape index (κ2) is 10.5. The Morgan fingerprint density at radius 1 is 1.03 bits per heavy atom. The molecule has 190 valence electrons. The van der Waals surface area contributed by atoms with Gasteiger partial charge in [0.25, 0.3) is 0 Å². The number of rotatable bonds is 6. The van der Waals surface area contributed by atoms with Crippen molar-refractivity contribution in [2.45, 2.75) is 45.1 Å². The van der Waals surface area contributed by atoms with Crippen LogP contribution in [0.25, 0.3) is 16.6 Å². The lowest BCUT2D eigenvalue weighted by Crippen LogP contribution is -2.33. The van der Waals surface area contributed by atoms with Gasteiger partial charge in [0.2, 0.25) is 11.8 Å². The molecule has 1 aromatic heterocycles. The van der Waals surface area contributed by atoms with Gasteiger partial charge in [-0.25, -0.2) is 9.07 Å². The molecule has 0 bridgehead atoms. The van der Waals surface area contributed by atoms with Crippen LogP contribution in [-0.4, -0.2) is 27.6 Å². The van der Waals surface area contributed by atoms with Gasteiger partial charge in [0, 0.05) is 29.0 Å². The Balaban J connectivity index is 0.000000412. The maximum absolute atomic E-state index is 13.3. The maximum Gasteiger partial charge on any atom is 0.230 e. The number of amides is 2. The zero-order valence-electron chi connectivity index (χ0n) is 20.9. The molecule has 2 atom stereocenters. The lowest BCUT2D eigenvalue weighted by molar-refractivity contribution is -0.120. The second-order valence-electron chi connectivity index (χ2n) is 9.85. The predicted octanol–water partition coefficient (Wildman–Crippen LogP) is 5.42. The van der Waals surface area contributed by atoms with Crippen molar-refractivity contribution in [2.75, 3.05) is 4.90 Å². The van der Waals surface area contributed by atoms with Gasteiger partial charge in [0.15, 0.2) is 0 Å². The second-order valence-corrected chi connectivity index (χ2v) is 9.85. The van der Waals surface area contributed by atoms with Crippen LogP contribution in [0.5, 0.6) is 0 Å². The molecule has 2 heterocycles. The van der Waals surface area contributed by atoms with Gasteiger partial charge in [-0.3, -0.25) is 9.59 Å². The first-order chi connectivity index (χ1) is 17.9. The van der Waals surface area contributed by atoms with Crippen LogP contribution in [-0.2, 0) is 16.0 Å². The van der Waals surface area contributed by atoms with E-state index in [9.17, 15) is 14.0 Å². The maximum atomic E-state index is 13.3. The van der Waals surface area contributed by atoms with E-state index >= 15 is 0 Å². The molecule has 1 saturated heterocycles. The smallest absolute Gasteiger partial charge is 0.230 e. The van der Waals surface area contributed by atoms with Gasteiger partial charge in [0.1, 0.15) is 5.82 Å². The minimum Gasteiger partial charge on any atom is -0.369 e. The Hall–Kier alpha value is -4.00. The molecule has 1 aliphatic carbocycles. The molecular weight excluding hydrogens is 467 g/mol. The zero-order chi connectivity index (χ0) is 25.9. The molecule has 37 heavy (non-hydrogen) atoms. The van der Waals surface area contributed by atoms with Crippen LogP contribution in [0.4, 0.5) is 10.1 Å². The first-order valence-corrected chi connectivity index (χ1v) is 12.8. The summed E-state index contributed by atoms with van der Waals surface area (Å²) >= 11 is 0. The summed E-state index contributed by atoms with van der Waals surface area (Å²) < 4.78 is 15.1. The summed E-state index contributed by atoms with van der Waals surface area (Å²) in [7, 11) is 0. The number of halogens is 1. The summed E-state index contributed by atoms with van der Waals surface area (Å²) in [6.07, 6.45) is 6.41. The van der Waals surface area contributed by atoms with Crippen molar-refractivity contribution in [3.05, 3.63) is 90.4 Å². The van der Waals surface area contributed by atoms with E-state index in [1.54, 1.807) is 23.0 Å². The fourth-order valence-corrected chi connectivity index (χ4v) is 4.99. The van der Waals surface area contributed by atoms with Gasteiger partial charge in [-0.15, -0.1) is 0 Å². The van der Waals surface area contributed by atoms with Gasteiger partial charge < -0.3 is 10.6 Å².